The van der Waals surface area contributed by atoms with Gasteiger partial charge in [-0.2, -0.15) is 0 Å². The maximum absolute atomic E-state index is 3.85. The van der Waals surface area contributed by atoms with Crippen LogP contribution in [0.25, 0.3) is 0 Å². The minimum absolute atomic E-state index is 0.675. The first-order valence-electron chi connectivity index (χ1n) is 4.34. The number of hydrogen-bond acceptors (Lipinski definition) is 0. The van der Waals surface area contributed by atoms with Crippen LogP contribution in [0.4, 0.5) is 0 Å². The largest absolute Gasteiger partial charge is 0.102 e. The van der Waals surface area contributed by atoms with E-state index in [1.54, 1.807) is 11.1 Å². The van der Waals surface area contributed by atoms with Gasteiger partial charge in [0.1, 0.15) is 0 Å². The van der Waals surface area contributed by atoms with Crippen LogP contribution < -0.4 is 0 Å². The fourth-order valence-electron chi connectivity index (χ4n) is 2.28. The molecule has 0 aromatic heterocycles. The lowest BCUT2D eigenvalue weighted by molar-refractivity contribution is 0.510. The maximum Gasteiger partial charge on any atom is -0.00156 e. The average Bonchev–Trinajstić information content (AvgIpc) is 2.60. The number of rotatable bonds is 1. The van der Waals surface area contributed by atoms with Crippen LogP contribution in [0.2, 0.25) is 0 Å². The van der Waals surface area contributed by atoms with Gasteiger partial charge in [-0.05, 0) is 42.7 Å². The van der Waals surface area contributed by atoms with Crippen LogP contribution >= 0.6 is 0 Å². The summed E-state index contributed by atoms with van der Waals surface area (Å²) in [5.41, 5.74) is 3.16. The van der Waals surface area contributed by atoms with Crippen molar-refractivity contribution in [3.63, 3.8) is 0 Å². The third kappa shape index (κ3) is 0.891. The Morgan fingerprint density at radius 2 is 2.36 bits per heavy atom. The summed E-state index contributed by atoms with van der Waals surface area (Å²) in [7, 11) is 0. The van der Waals surface area contributed by atoms with Gasteiger partial charge in [0.15, 0.2) is 0 Å². The number of allylic oxidation sites excluding steroid dienone is 5. The zero-order chi connectivity index (χ0) is 7.84. The van der Waals surface area contributed by atoms with Crippen molar-refractivity contribution < 1.29 is 0 Å². The van der Waals surface area contributed by atoms with Crippen LogP contribution in [-0.4, -0.2) is 0 Å². The second kappa shape index (κ2) is 2.37. The summed E-state index contributed by atoms with van der Waals surface area (Å²) in [5, 5.41) is 0. The Kier molecular flexibility index (Phi) is 1.49. The van der Waals surface area contributed by atoms with Crippen LogP contribution in [0, 0.1) is 11.8 Å². The molecule has 0 spiro atoms. The molecule has 0 radical (unpaired) electrons. The van der Waals surface area contributed by atoms with Gasteiger partial charge in [0.25, 0.3) is 0 Å². The standard InChI is InChI=1S/C11H14/c1-3-8-5-11-7-10(8)6-9(11)4-2/h3-5,8,10H,1,6-7H2,2H3. The lowest BCUT2D eigenvalue weighted by atomic mass is 9.91. The van der Waals surface area contributed by atoms with E-state index in [0.717, 1.165) is 5.92 Å². The smallest absolute Gasteiger partial charge is 0.00156 e. The van der Waals surface area contributed by atoms with E-state index in [1.807, 2.05) is 0 Å². The van der Waals surface area contributed by atoms with Crippen molar-refractivity contribution >= 4 is 0 Å². The van der Waals surface area contributed by atoms with Gasteiger partial charge >= 0.3 is 0 Å². The minimum atomic E-state index is 0.675. The van der Waals surface area contributed by atoms with Crippen LogP contribution in [0.5, 0.6) is 0 Å². The van der Waals surface area contributed by atoms with Crippen molar-refractivity contribution in [2.75, 3.05) is 0 Å². The fourth-order valence-corrected chi connectivity index (χ4v) is 2.28. The monoisotopic (exact) mass is 146 g/mol. The first kappa shape index (κ1) is 6.90. The second-order valence-electron chi connectivity index (χ2n) is 3.49. The highest BCUT2D eigenvalue weighted by atomic mass is 14.4. The molecule has 0 N–H and O–H groups in total. The first-order chi connectivity index (χ1) is 5.35. The van der Waals surface area contributed by atoms with Gasteiger partial charge in [-0.25, -0.2) is 0 Å². The highest BCUT2D eigenvalue weighted by Gasteiger charge is 2.33. The van der Waals surface area contributed by atoms with Crippen LogP contribution in [0.15, 0.2) is 36.0 Å². The molecule has 0 amide bonds. The summed E-state index contributed by atoms with van der Waals surface area (Å²) >= 11 is 0. The Hall–Kier alpha value is -0.780. The maximum atomic E-state index is 3.85. The Morgan fingerprint density at radius 1 is 1.55 bits per heavy atom. The number of hydrogen-bond donors (Lipinski definition) is 0. The Morgan fingerprint density at radius 3 is 2.82 bits per heavy atom. The van der Waals surface area contributed by atoms with E-state index in [4.69, 9.17) is 0 Å². The van der Waals surface area contributed by atoms with Gasteiger partial charge in [-0.1, -0.05) is 18.2 Å². The van der Waals surface area contributed by atoms with Gasteiger partial charge < -0.3 is 0 Å². The summed E-state index contributed by atoms with van der Waals surface area (Å²) in [6, 6.07) is 0. The van der Waals surface area contributed by atoms with Gasteiger partial charge in [-0.3, -0.25) is 0 Å². The molecule has 2 atom stereocenters. The molecule has 0 aromatic carbocycles. The third-order valence-corrected chi connectivity index (χ3v) is 2.94. The third-order valence-electron chi connectivity index (χ3n) is 2.94. The zero-order valence-corrected chi connectivity index (χ0v) is 7.01. The van der Waals surface area contributed by atoms with Crippen LogP contribution in [0.3, 0.4) is 0 Å². The predicted molar refractivity (Wildman–Crippen MR) is 48.3 cm³/mol. The quantitative estimate of drug-likeness (QED) is 0.499. The molecular weight excluding hydrogens is 132 g/mol. The van der Waals surface area contributed by atoms with E-state index in [0.29, 0.717) is 5.92 Å². The second-order valence-corrected chi connectivity index (χ2v) is 3.49. The fraction of sp³-hybridized carbons (Fsp3) is 0.455. The summed E-state index contributed by atoms with van der Waals surface area (Å²) in [5.74, 6) is 1.53. The molecule has 1 fully saturated rings. The van der Waals surface area contributed by atoms with E-state index in [2.05, 4.69) is 31.7 Å². The van der Waals surface area contributed by atoms with Gasteiger partial charge in [0.2, 0.25) is 0 Å². The van der Waals surface area contributed by atoms with Crippen molar-refractivity contribution in [2.24, 2.45) is 11.8 Å². The zero-order valence-electron chi connectivity index (χ0n) is 7.01. The summed E-state index contributed by atoms with van der Waals surface area (Å²) in [6.45, 7) is 5.99. The molecule has 2 aliphatic rings. The van der Waals surface area contributed by atoms with Crippen molar-refractivity contribution in [3.05, 3.63) is 36.0 Å². The van der Waals surface area contributed by atoms with Gasteiger partial charge in [-0.15, -0.1) is 6.58 Å². The lowest BCUT2D eigenvalue weighted by Gasteiger charge is -2.14. The van der Waals surface area contributed by atoms with Crippen molar-refractivity contribution in [3.8, 4) is 0 Å². The van der Waals surface area contributed by atoms with E-state index in [9.17, 15) is 0 Å². The molecule has 2 unspecified atom stereocenters. The summed E-state index contributed by atoms with van der Waals surface area (Å²) < 4.78 is 0. The molecule has 2 bridgehead atoms. The first-order valence-corrected chi connectivity index (χ1v) is 4.34. The molecule has 0 aromatic rings. The molecule has 0 heterocycles. The normalized spacial score (nSPS) is 37.9. The van der Waals surface area contributed by atoms with E-state index < -0.39 is 0 Å². The molecule has 2 rings (SSSR count). The molecule has 0 aliphatic heterocycles. The van der Waals surface area contributed by atoms with Gasteiger partial charge in [0.05, 0.1) is 0 Å². The van der Waals surface area contributed by atoms with Crippen molar-refractivity contribution in [1.29, 1.82) is 0 Å². The molecule has 0 saturated heterocycles. The summed E-state index contributed by atoms with van der Waals surface area (Å²) in [6.07, 6.45) is 9.32. The predicted octanol–water partition coefficient (Wildman–Crippen LogP) is 3.08. The van der Waals surface area contributed by atoms with Crippen molar-refractivity contribution in [2.45, 2.75) is 19.8 Å². The van der Waals surface area contributed by atoms with E-state index in [1.165, 1.54) is 12.8 Å². The highest BCUT2D eigenvalue weighted by Crippen LogP contribution is 2.46. The molecule has 2 aliphatic carbocycles. The lowest BCUT2D eigenvalue weighted by Crippen LogP contribution is -2.03. The molecular formula is C11H14. The van der Waals surface area contributed by atoms with Crippen LogP contribution in [0.1, 0.15) is 19.8 Å². The minimum Gasteiger partial charge on any atom is -0.102 e. The van der Waals surface area contributed by atoms with E-state index >= 15 is 0 Å². The molecule has 0 nitrogen and oxygen atoms in total. The van der Waals surface area contributed by atoms with Gasteiger partial charge in [0, 0.05) is 0 Å². The SMILES string of the molecule is C=CC1C=C2CC1CC2=CC. The van der Waals surface area contributed by atoms with Crippen molar-refractivity contribution in [1.82, 2.24) is 0 Å². The van der Waals surface area contributed by atoms with Crippen LogP contribution in [-0.2, 0) is 0 Å². The molecule has 11 heavy (non-hydrogen) atoms. The average molecular weight is 146 g/mol. The molecule has 1 saturated carbocycles. The highest BCUT2D eigenvalue weighted by molar-refractivity contribution is 5.42. The Labute approximate surface area is 68.3 Å². The molecule has 58 valence electrons. The summed E-state index contributed by atoms with van der Waals surface area (Å²) in [4.78, 5) is 0. The Bertz CT molecular complexity index is 243. The topological polar surface area (TPSA) is 0 Å². The molecule has 0 heteroatoms. The van der Waals surface area contributed by atoms with E-state index in [-0.39, 0.29) is 0 Å². The Balaban J connectivity index is 2.30. The number of fused-ring (bicyclic) bond motifs is 2.